The van der Waals surface area contributed by atoms with E-state index in [0.717, 1.165) is 37.6 Å². The molecule has 1 fully saturated rings. The molecule has 0 aromatic carbocycles. The standard InChI is InChI=1S/C16H26N4O2/c1-11(2)4-7-17-16-18-12(3)10-14(19-16)20-8-5-13(6-9-20)15(21)22/h10-11,13H,4-9H2,1-3H3,(H,21,22)(H,17,18,19). The summed E-state index contributed by atoms with van der Waals surface area (Å²) in [6.07, 6.45) is 2.43. The molecule has 2 heterocycles. The van der Waals surface area contributed by atoms with Gasteiger partial charge in [-0.25, -0.2) is 4.98 Å². The van der Waals surface area contributed by atoms with Gasteiger partial charge in [0.05, 0.1) is 5.92 Å². The highest BCUT2D eigenvalue weighted by molar-refractivity contribution is 5.70. The Morgan fingerprint density at radius 3 is 2.68 bits per heavy atom. The van der Waals surface area contributed by atoms with E-state index in [1.165, 1.54) is 0 Å². The van der Waals surface area contributed by atoms with Crippen LogP contribution in [0.3, 0.4) is 0 Å². The predicted molar refractivity (Wildman–Crippen MR) is 87.3 cm³/mol. The Labute approximate surface area is 132 Å². The highest BCUT2D eigenvalue weighted by atomic mass is 16.4. The molecule has 2 rings (SSSR count). The van der Waals surface area contributed by atoms with Crippen LogP contribution in [0.1, 0.15) is 38.8 Å². The van der Waals surface area contributed by atoms with Crippen molar-refractivity contribution in [2.24, 2.45) is 11.8 Å². The number of nitrogens with one attached hydrogen (secondary N) is 1. The molecular formula is C16H26N4O2. The summed E-state index contributed by atoms with van der Waals surface area (Å²) < 4.78 is 0. The normalized spacial score (nSPS) is 16.1. The lowest BCUT2D eigenvalue weighted by molar-refractivity contribution is -0.142. The van der Waals surface area contributed by atoms with Crippen molar-refractivity contribution in [2.45, 2.75) is 40.0 Å². The SMILES string of the molecule is Cc1cc(N2CCC(C(=O)O)CC2)nc(NCCC(C)C)n1. The molecule has 1 aliphatic heterocycles. The van der Waals surface area contributed by atoms with Gasteiger partial charge in [-0.15, -0.1) is 0 Å². The van der Waals surface area contributed by atoms with Gasteiger partial charge in [-0.1, -0.05) is 13.8 Å². The van der Waals surface area contributed by atoms with Gasteiger partial charge in [0.25, 0.3) is 0 Å². The molecule has 1 saturated heterocycles. The topological polar surface area (TPSA) is 78.4 Å². The van der Waals surface area contributed by atoms with Crippen molar-refractivity contribution in [1.29, 1.82) is 0 Å². The number of aromatic nitrogens is 2. The van der Waals surface area contributed by atoms with Crippen LogP contribution in [-0.2, 0) is 4.79 Å². The van der Waals surface area contributed by atoms with Gasteiger partial charge in [-0.05, 0) is 32.1 Å². The van der Waals surface area contributed by atoms with Crippen molar-refractivity contribution in [3.63, 3.8) is 0 Å². The Kier molecular flexibility index (Phi) is 5.57. The molecule has 1 aromatic rings. The molecule has 0 unspecified atom stereocenters. The number of anilines is 2. The Hall–Kier alpha value is -1.85. The van der Waals surface area contributed by atoms with E-state index in [0.29, 0.717) is 24.7 Å². The fourth-order valence-corrected chi connectivity index (χ4v) is 2.62. The predicted octanol–water partition coefficient (Wildman–Crippen LogP) is 2.54. The van der Waals surface area contributed by atoms with Gasteiger partial charge in [0.1, 0.15) is 5.82 Å². The van der Waals surface area contributed by atoms with Crippen molar-refractivity contribution in [1.82, 2.24) is 9.97 Å². The van der Waals surface area contributed by atoms with Crippen LogP contribution in [-0.4, -0.2) is 40.7 Å². The molecule has 0 bridgehead atoms. The molecule has 0 saturated carbocycles. The van der Waals surface area contributed by atoms with E-state index in [9.17, 15) is 4.79 Å². The van der Waals surface area contributed by atoms with Gasteiger partial charge in [0.2, 0.25) is 5.95 Å². The smallest absolute Gasteiger partial charge is 0.306 e. The number of piperidine rings is 1. The second-order valence-corrected chi connectivity index (χ2v) is 6.40. The van der Waals surface area contributed by atoms with E-state index in [1.807, 2.05) is 13.0 Å². The number of nitrogens with zero attached hydrogens (tertiary/aromatic N) is 3. The first-order valence-electron chi connectivity index (χ1n) is 8.03. The number of aliphatic carboxylic acids is 1. The van der Waals surface area contributed by atoms with Crippen LogP contribution in [0.2, 0.25) is 0 Å². The maximum absolute atomic E-state index is 11.0. The molecule has 122 valence electrons. The quantitative estimate of drug-likeness (QED) is 0.841. The highest BCUT2D eigenvalue weighted by Crippen LogP contribution is 2.23. The van der Waals surface area contributed by atoms with Crippen LogP contribution in [0.15, 0.2) is 6.07 Å². The average Bonchev–Trinajstić information content (AvgIpc) is 2.46. The van der Waals surface area contributed by atoms with Crippen LogP contribution in [0.25, 0.3) is 0 Å². The van der Waals surface area contributed by atoms with Crippen molar-refractivity contribution in [3.8, 4) is 0 Å². The van der Waals surface area contributed by atoms with E-state index in [1.54, 1.807) is 0 Å². The van der Waals surface area contributed by atoms with E-state index in [-0.39, 0.29) is 5.92 Å². The number of hydrogen-bond acceptors (Lipinski definition) is 5. The fraction of sp³-hybridized carbons (Fsp3) is 0.688. The summed E-state index contributed by atoms with van der Waals surface area (Å²) in [6, 6.07) is 1.97. The Morgan fingerprint density at radius 1 is 1.41 bits per heavy atom. The van der Waals surface area contributed by atoms with Crippen LogP contribution >= 0.6 is 0 Å². The number of rotatable bonds is 6. The lowest BCUT2D eigenvalue weighted by atomic mass is 9.97. The molecule has 0 spiro atoms. The monoisotopic (exact) mass is 306 g/mol. The Morgan fingerprint density at radius 2 is 2.09 bits per heavy atom. The third-order valence-corrected chi connectivity index (χ3v) is 4.01. The molecule has 6 nitrogen and oxygen atoms in total. The molecule has 1 aliphatic rings. The molecular weight excluding hydrogens is 280 g/mol. The summed E-state index contributed by atoms with van der Waals surface area (Å²) >= 11 is 0. The summed E-state index contributed by atoms with van der Waals surface area (Å²) in [6.45, 7) is 8.68. The minimum Gasteiger partial charge on any atom is -0.481 e. The highest BCUT2D eigenvalue weighted by Gasteiger charge is 2.25. The largest absolute Gasteiger partial charge is 0.481 e. The Bertz CT molecular complexity index is 511. The number of aryl methyl sites for hydroxylation is 1. The van der Waals surface area contributed by atoms with Gasteiger partial charge in [-0.2, -0.15) is 4.98 Å². The third kappa shape index (κ3) is 4.58. The van der Waals surface area contributed by atoms with Crippen LogP contribution in [0, 0.1) is 18.8 Å². The second kappa shape index (κ2) is 7.42. The fourth-order valence-electron chi connectivity index (χ4n) is 2.62. The maximum Gasteiger partial charge on any atom is 0.306 e. The van der Waals surface area contributed by atoms with Crippen molar-refractivity contribution in [2.75, 3.05) is 29.9 Å². The molecule has 1 aromatic heterocycles. The zero-order valence-corrected chi connectivity index (χ0v) is 13.7. The zero-order chi connectivity index (χ0) is 16.1. The molecule has 0 atom stereocenters. The van der Waals surface area contributed by atoms with Gasteiger partial charge in [-0.3, -0.25) is 4.79 Å². The minimum absolute atomic E-state index is 0.220. The van der Waals surface area contributed by atoms with Gasteiger partial charge >= 0.3 is 5.97 Å². The molecule has 0 aliphatic carbocycles. The van der Waals surface area contributed by atoms with Crippen molar-refractivity contribution in [3.05, 3.63) is 11.8 Å². The first-order valence-corrected chi connectivity index (χ1v) is 8.03. The average molecular weight is 306 g/mol. The van der Waals surface area contributed by atoms with E-state index in [2.05, 4.69) is 34.0 Å². The summed E-state index contributed by atoms with van der Waals surface area (Å²) in [5.41, 5.74) is 0.928. The third-order valence-electron chi connectivity index (χ3n) is 4.01. The summed E-state index contributed by atoms with van der Waals surface area (Å²) in [7, 11) is 0. The number of carboxylic acid groups (broad SMARTS) is 1. The van der Waals surface area contributed by atoms with E-state index >= 15 is 0 Å². The molecule has 22 heavy (non-hydrogen) atoms. The lowest BCUT2D eigenvalue weighted by Crippen LogP contribution is -2.37. The van der Waals surface area contributed by atoms with Crippen molar-refractivity contribution < 1.29 is 9.90 Å². The summed E-state index contributed by atoms with van der Waals surface area (Å²) in [4.78, 5) is 22.2. The Balaban J connectivity index is 1.99. The number of carboxylic acids is 1. The summed E-state index contributed by atoms with van der Waals surface area (Å²) in [5, 5.41) is 12.4. The van der Waals surface area contributed by atoms with E-state index < -0.39 is 5.97 Å². The molecule has 0 radical (unpaired) electrons. The maximum atomic E-state index is 11.0. The molecule has 6 heteroatoms. The minimum atomic E-state index is -0.686. The number of hydrogen-bond donors (Lipinski definition) is 2. The molecule has 0 amide bonds. The molecule has 2 N–H and O–H groups in total. The van der Waals surface area contributed by atoms with Crippen LogP contribution < -0.4 is 10.2 Å². The van der Waals surface area contributed by atoms with Gasteiger partial charge in [0, 0.05) is 31.4 Å². The van der Waals surface area contributed by atoms with Gasteiger partial charge in [0.15, 0.2) is 0 Å². The lowest BCUT2D eigenvalue weighted by Gasteiger charge is -2.31. The van der Waals surface area contributed by atoms with Crippen molar-refractivity contribution >= 4 is 17.7 Å². The van der Waals surface area contributed by atoms with Crippen LogP contribution in [0.4, 0.5) is 11.8 Å². The second-order valence-electron chi connectivity index (χ2n) is 6.40. The summed E-state index contributed by atoms with van der Waals surface area (Å²) in [5.74, 6) is 1.30. The van der Waals surface area contributed by atoms with E-state index in [4.69, 9.17) is 5.11 Å². The number of carbonyl (C=O) groups is 1. The first-order chi connectivity index (χ1) is 10.5. The zero-order valence-electron chi connectivity index (χ0n) is 13.7. The van der Waals surface area contributed by atoms with Crippen LogP contribution in [0.5, 0.6) is 0 Å². The van der Waals surface area contributed by atoms with Gasteiger partial charge < -0.3 is 15.3 Å². The first kappa shape index (κ1) is 16.5.